The zero-order valence-electron chi connectivity index (χ0n) is 9.64. The standard InChI is InChI=1S/C12H17FN2O/c1-3-4-8-15-12(16)9-6-5-7-10(13)11(9)14-2/h5-7,14H,3-4,8H2,1-2H3,(H,15,16). The van der Waals surface area contributed by atoms with Crippen molar-refractivity contribution in [2.24, 2.45) is 0 Å². The Bertz CT molecular complexity index is 366. The van der Waals surface area contributed by atoms with Crippen molar-refractivity contribution in [3.05, 3.63) is 29.6 Å². The first-order chi connectivity index (χ1) is 7.70. The highest BCUT2D eigenvalue weighted by atomic mass is 19.1. The molecule has 0 atom stereocenters. The van der Waals surface area contributed by atoms with Crippen molar-refractivity contribution >= 4 is 11.6 Å². The number of rotatable bonds is 5. The molecule has 0 aliphatic heterocycles. The van der Waals surface area contributed by atoms with Crippen molar-refractivity contribution in [2.75, 3.05) is 18.9 Å². The van der Waals surface area contributed by atoms with Crippen LogP contribution < -0.4 is 10.6 Å². The number of amides is 1. The molecule has 16 heavy (non-hydrogen) atoms. The number of carbonyl (C=O) groups excluding carboxylic acids is 1. The first-order valence-electron chi connectivity index (χ1n) is 5.45. The van der Waals surface area contributed by atoms with Gasteiger partial charge in [0.05, 0.1) is 11.3 Å². The van der Waals surface area contributed by atoms with E-state index in [9.17, 15) is 9.18 Å². The molecule has 0 bridgehead atoms. The summed E-state index contributed by atoms with van der Waals surface area (Å²) in [4.78, 5) is 11.7. The van der Waals surface area contributed by atoms with Gasteiger partial charge < -0.3 is 10.6 Å². The van der Waals surface area contributed by atoms with Crippen LogP contribution in [-0.4, -0.2) is 19.5 Å². The largest absolute Gasteiger partial charge is 0.385 e. The van der Waals surface area contributed by atoms with Crippen LogP contribution in [0.5, 0.6) is 0 Å². The molecule has 0 saturated heterocycles. The molecule has 2 N–H and O–H groups in total. The number of anilines is 1. The third-order valence-corrected chi connectivity index (χ3v) is 2.32. The lowest BCUT2D eigenvalue weighted by Crippen LogP contribution is -2.25. The number of halogens is 1. The Kier molecular flexibility index (Phi) is 4.76. The van der Waals surface area contributed by atoms with Crippen LogP contribution in [-0.2, 0) is 0 Å². The van der Waals surface area contributed by atoms with Crippen LogP contribution in [0.25, 0.3) is 0 Å². The first-order valence-corrected chi connectivity index (χ1v) is 5.45. The maximum absolute atomic E-state index is 13.4. The van der Waals surface area contributed by atoms with E-state index in [0.29, 0.717) is 12.1 Å². The van der Waals surface area contributed by atoms with E-state index < -0.39 is 5.82 Å². The molecule has 0 aliphatic rings. The summed E-state index contributed by atoms with van der Waals surface area (Å²) in [5.41, 5.74) is 0.593. The summed E-state index contributed by atoms with van der Waals surface area (Å²) in [5.74, 6) is -0.650. The number of nitrogens with one attached hydrogen (secondary N) is 2. The van der Waals surface area contributed by atoms with Crippen molar-refractivity contribution in [3.8, 4) is 0 Å². The van der Waals surface area contributed by atoms with E-state index in [1.807, 2.05) is 6.92 Å². The molecule has 1 amide bonds. The Hall–Kier alpha value is -1.58. The van der Waals surface area contributed by atoms with Crippen LogP contribution in [0.3, 0.4) is 0 Å². The summed E-state index contributed by atoms with van der Waals surface area (Å²) < 4.78 is 13.4. The van der Waals surface area contributed by atoms with Gasteiger partial charge in [-0.1, -0.05) is 19.4 Å². The van der Waals surface area contributed by atoms with Crippen LogP contribution in [0, 0.1) is 5.82 Å². The molecular formula is C12H17FN2O. The van der Waals surface area contributed by atoms with E-state index in [1.54, 1.807) is 13.1 Å². The summed E-state index contributed by atoms with van der Waals surface area (Å²) in [7, 11) is 1.60. The SMILES string of the molecule is CCCCNC(=O)c1cccc(F)c1NC. The maximum atomic E-state index is 13.4. The third-order valence-electron chi connectivity index (χ3n) is 2.32. The molecule has 3 nitrogen and oxygen atoms in total. The van der Waals surface area contributed by atoms with Gasteiger partial charge in [-0.05, 0) is 18.6 Å². The highest BCUT2D eigenvalue weighted by Crippen LogP contribution is 2.18. The van der Waals surface area contributed by atoms with Crippen LogP contribution in [0.1, 0.15) is 30.1 Å². The Balaban J connectivity index is 2.78. The number of hydrogen-bond donors (Lipinski definition) is 2. The Morgan fingerprint density at radius 2 is 2.19 bits per heavy atom. The highest BCUT2D eigenvalue weighted by molar-refractivity contribution is 5.99. The van der Waals surface area contributed by atoms with Gasteiger partial charge in [0.2, 0.25) is 0 Å². The van der Waals surface area contributed by atoms with Crippen LogP contribution in [0.15, 0.2) is 18.2 Å². The molecule has 88 valence electrons. The molecule has 4 heteroatoms. The molecule has 1 aromatic rings. The second-order valence-corrected chi connectivity index (χ2v) is 3.52. The smallest absolute Gasteiger partial charge is 0.253 e. The number of unbranched alkanes of at least 4 members (excludes halogenated alkanes) is 1. The second-order valence-electron chi connectivity index (χ2n) is 3.52. The van der Waals surface area contributed by atoms with Crippen molar-refractivity contribution in [1.29, 1.82) is 0 Å². The van der Waals surface area contributed by atoms with Gasteiger partial charge in [0.25, 0.3) is 5.91 Å². The molecule has 1 aromatic carbocycles. The number of carbonyl (C=O) groups is 1. The minimum Gasteiger partial charge on any atom is -0.385 e. The fourth-order valence-corrected chi connectivity index (χ4v) is 1.44. The van der Waals surface area contributed by atoms with Gasteiger partial charge in [-0.25, -0.2) is 4.39 Å². The van der Waals surface area contributed by atoms with Gasteiger partial charge >= 0.3 is 0 Å². The molecule has 0 saturated carbocycles. The highest BCUT2D eigenvalue weighted by Gasteiger charge is 2.12. The minimum absolute atomic E-state index is 0.239. The Morgan fingerprint density at radius 1 is 1.44 bits per heavy atom. The molecule has 0 radical (unpaired) electrons. The lowest BCUT2D eigenvalue weighted by atomic mass is 10.1. The van der Waals surface area contributed by atoms with Crippen molar-refractivity contribution in [3.63, 3.8) is 0 Å². The summed E-state index contributed by atoms with van der Waals surface area (Å²) in [5, 5.41) is 5.46. The van der Waals surface area contributed by atoms with Gasteiger partial charge in [0.15, 0.2) is 0 Å². The van der Waals surface area contributed by atoms with E-state index in [-0.39, 0.29) is 11.6 Å². The van der Waals surface area contributed by atoms with Crippen molar-refractivity contribution in [2.45, 2.75) is 19.8 Å². The predicted octanol–water partition coefficient (Wildman–Crippen LogP) is 2.40. The average molecular weight is 224 g/mol. The van der Waals surface area contributed by atoms with Crippen molar-refractivity contribution in [1.82, 2.24) is 5.32 Å². The second kappa shape index (κ2) is 6.10. The molecule has 0 heterocycles. The predicted molar refractivity (Wildman–Crippen MR) is 63.2 cm³/mol. The quantitative estimate of drug-likeness (QED) is 0.754. The number of benzene rings is 1. The average Bonchev–Trinajstić information content (AvgIpc) is 2.29. The molecule has 0 unspecified atom stereocenters. The lowest BCUT2D eigenvalue weighted by molar-refractivity contribution is 0.0953. The molecule has 1 rings (SSSR count). The Labute approximate surface area is 95.0 Å². The summed E-state index contributed by atoms with van der Waals surface area (Å²) >= 11 is 0. The molecule has 0 spiro atoms. The van der Waals surface area contributed by atoms with E-state index in [2.05, 4.69) is 10.6 Å². The lowest BCUT2D eigenvalue weighted by Gasteiger charge is -2.10. The fraction of sp³-hybridized carbons (Fsp3) is 0.417. The summed E-state index contributed by atoms with van der Waals surface area (Å²) in [6, 6.07) is 4.47. The van der Waals surface area contributed by atoms with Crippen LogP contribution in [0.4, 0.5) is 10.1 Å². The number of para-hydroxylation sites is 1. The van der Waals surface area contributed by atoms with Gasteiger partial charge in [-0.3, -0.25) is 4.79 Å². The summed E-state index contributed by atoms with van der Waals surface area (Å²) in [6.45, 7) is 2.67. The van der Waals surface area contributed by atoms with Gasteiger partial charge in [0.1, 0.15) is 5.82 Å². The first kappa shape index (κ1) is 12.5. The van der Waals surface area contributed by atoms with E-state index in [4.69, 9.17) is 0 Å². The van der Waals surface area contributed by atoms with E-state index in [0.717, 1.165) is 12.8 Å². The van der Waals surface area contributed by atoms with E-state index >= 15 is 0 Å². The molecule has 0 aromatic heterocycles. The van der Waals surface area contributed by atoms with E-state index in [1.165, 1.54) is 12.1 Å². The normalized spacial score (nSPS) is 9.94. The van der Waals surface area contributed by atoms with Gasteiger partial charge in [0, 0.05) is 13.6 Å². The monoisotopic (exact) mass is 224 g/mol. The van der Waals surface area contributed by atoms with Crippen LogP contribution >= 0.6 is 0 Å². The summed E-state index contributed by atoms with van der Waals surface area (Å²) in [6.07, 6.45) is 1.94. The number of hydrogen-bond acceptors (Lipinski definition) is 2. The zero-order valence-corrected chi connectivity index (χ0v) is 9.64. The molecular weight excluding hydrogens is 207 g/mol. The van der Waals surface area contributed by atoms with Crippen molar-refractivity contribution < 1.29 is 9.18 Å². The third kappa shape index (κ3) is 2.95. The maximum Gasteiger partial charge on any atom is 0.253 e. The van der Waals surface area contributed by atoms with Gasteiger partial charge in [-0.15, -0.1) is 0 Å². The topological polar surface area (TPSA) is 41.1 Å². The molecule has 0 fully saturated rings. The molecule has 0 aliphatic carbocycles. The zero-order chi connectivity index (χ0) is 12.0. The van der Waals surface area contributed by atoms with Gasteiger partial charge in [-0.2, -0.15) is 0 Å². The fourth-order valence-electron chi connectivity index (χ4n) is 1.44. The Morgan fingerprint density at radius 3 is 2.81 bits per heavy atom. The minimum atomic E-state index is -0.411. The van der Waals surface area contributed by atoms with Crippen LogP contribution in [0.2, 0.25) is 0 Å².